The molecule has 53 heavy (non-hydrogen) atoms. The minimum atomic E-state index is -0.765. The molecule has 0 aromatic heterocycles. The first kappa shape index (κ1) is 51.1. The van der Waals surface area contributed by atoms with Gasteiger partial charge in [-0.05, 0) is 38.5 Å². The first-order chi connectivity index (χ1) is 26.0. The molecule has 6 heteroatoms. The van der Waals surface area contributed by atoms with Gasteiger partial charge in [-0.3, -0.25) is 14.4 Å². The Morgan fingerprint density at radius 3 is 1.00 bits per heavy atom. The van der Waals surface area contributed by atoms with Gasteiger partial charge in [0.2, 0.25) is 0 Å². The van der Waals surface area contributed by atoms with E-state index in [1.54, 1.807) is 0 Å². The summed E-state index contributed by atoms with van der Waals surface area (Å²) in [4.78, 5) is 37.7. The van der Waals surface area contributed by atoms with Gasteiger partial charge in [0, 0.05) is 19.3 Å². The molecule has 0 aliphatic rings. The van der Waals surface area contributed by atoms with E-state index in [0.717, 1.165) is 64.2 Å². The van der Waals surface area contributed by atoms with Crippen LogP contribution in [-0.2, 0) is 28.6 Å². The van der Waals surface area contributed by atoms with Crippen LogP contribution < -0.4 is 0 Å². The summed E-state index contributed by atoms with van der Waals surface area (Å²) in [7, 11) is 0. The number of allylic oxidation sites excluding steroid dienone is 2. The zero-order chi connectivity index (χ0) is 38.7. The summed E-state index contributed by atoms with van der Waals surface area (Å²) in [6, 6.07) is 0. The number of carbonyl (C=O) groups is 3. The fourth-order valence-electron chi connectivity index (χ4n) is 6.72. The number of carbonyl (C=O) groups excluding carboxylic acids is 3. The lowest BCUT2D eigenvalue weighted by molar-refractivity contribution is -0.167. The van der Waals surface area contributed by atoms with E-state index in [9.17, 15) is 14.4 Å². The van der Waals surface area contributed by atoms with Gasteiger partial charge in [-0.1, -0.05) is 206 Å². The maximum Gasteiger partial charge on any atom is 0.306 e. The Labute approximate surface area is 329 Å². The van der Waals surface area contributed by atoms with Gasteiger partial charge >= 0.3 is 17.9 Å². The van der Waals surface area contributed by atoms with Gasteiger partial charge in [-0.2, -0.15) is 0 Å². The van der Waals surface area contributed by atoms with Crippen LogP contribution in [0.1, 0.15) is 252 Å². The number of rotatable bonds is 42. The van der Waals surface area contributed by atoms with Crippen LogP contribution >= 0.6 is 0 Å². The van der Waals surface area contributed by atoms with E-state index in [1.807, 2.05) is 0 Å². The molecule has 312 valence electrons. The second-order valence-corrected chi connectivity index (χ2v) is 15.7. The van der Waals surface area contributed by atoms with Crippen molar-refractivity contribution >= 4 is 17.9 Å². The summed E-state index contributed by atoms with van der Waals surface area (Å²) in [5.74, 6) is -0.870. The van der Waals surface area contributed by atoms with Gasteiger partial charge in [0.25, 0.3) is 0 Å². The van der Waals surface area contributed by atoms with Crippen molar-refractivity contribution in [3.8, 4) is 0 Å². The predicted molar refractivity (Wildman–Crippen MR) is 224 cm³/mol. The van der Waals surface area contributed by atoms with Crippen LogP contribution in [0.2, 0.25) is 0 Å². The summed E-state index contributed by atoms with van der Waals surface area (Å²) in [6.45, 7) is 6.60. The quantitative estimate of drug-likeness (QED) is 0.0268. The number of hydrogen-bond donors (Lipinski definition) is 0. The maximum absolute atomic E-state index is 12.7. The second kappa shape index (κ2) is 42.9. The van der Waals surface area contributed by atoms with Gasteiger partial charge < -0.3 is 14.2 Å². The highest BCUT2D eigenvalue weighted by Crippen LogP contribution is 2.15. The van der Waals surface area contributed by atoms with Crippen LogP contribution in [0.25, 0.3) is 0 Å². The fraction of sp³-hybridized carbons (Fsp3) is 0.894. The molecule has 6 nitrogen and oxygen atoms in total. The monoisotopic (exact) mass is 749 g/mol. The molecule has 0 unspecified atom stereocenters. The average molecular weight is 749 g/mol. The Morgan fingerprint density at radius 2 is 0.642 bits per heavy atom. The fourth-order valence-corrected chi connectivity index (χ4v) is 6.72. The normalized spacial score (nSPS) is 11.5. The zero-order valence-electron chi connectivity index (χ0n) is 35.6. The Balaban J connectivity index is 4.34. The number of hydrogen-bond acceptors (Lipinski definition) is 6. The van der Waals surface area contributed by atoms with Crippen LogP contribution in [0, 0.1) is 0 Å². The molecule has 0 saturated heterocycles. The minimum absolute atomic E-state index is 0.0690. The van der Waals surface area contributed by atoms with Crippen molar-refractivity contribution < 1.29 is 28.6 Å². The molecule has 0 spiro atoms. The van der Waals surface area contributed by atoms with Crippen molar-refractivity contribution in [3.05, 3.63) is 12.2 Å². The first-order valence-electron chi connectivity index (χ1n) is 23.2. The van der Waals surface area contributed by atoms with Crippen LogP contribution in [0.15, 0.2) is 12.2 Å². The van der Waals surface area contributed by atoms with Crippen molar-refractivity contribution in [2.75, 3.05) is 13.2 Å². The molecule has 0 fully saturated rings. The van der Waals surface area contributed by atoms with Crippen molar-refractivity contribution in [2.45, 2.75) is 258 Å². The molecule has 0 aromatic carbocycles. The van der Waals surface area contributed by atoms with Gasteiger partial charge in [0.15, 0.2) is 6.10 Å². The molecular weight excluding hydrogens is 661 g/mol. The van der Waals surface area contributed by atoms with E-state index < -0.39 is 6.10 Å². The van der Waals surface area contributed by atoms with Gasteiger partial charge in [-0.25, -0.2) is 0 Å². The SMILES string of the molecule is CCCC/C=C\CCCCCCCC(=O)OC(COC(=O)CCCCCCCCCCCCCC)COC(=O)CCCCCCCCCCCCCC. The van der Waals surface area contributed by atoms with Crippen molar-refractivity contribution in [2.24, 2.45) is 0 Å². The van der Waals surface area contributed by atoms with E-state index in [-0.39, 0.29) is 31.1 Å². The van der Waals surface area contributed by atoms with E-state index in [1.165, 1.54) is 148 Å². The minimum Gasteiger partial charge on any atom is -0.462 e. The third-order valence-electron chi connectivity index (χ3n) is 10.3. The topological polar surface area (TPSA) is 78.9 Å². The molecule has 0 rings (SSSR count). The van der Waals surface area contributed by atoms with Crippen molar-refractivity contribution in [1.29, 1.82) is 0 Å². The molecule has 0 amide bonds. The Morgan fingerprint density at radius 1 is 0.358 bits per heavy atom. The number of esters is 3. The molecule has 0 heterocycles. The molecule has 0 atom stereocenters. The highest BCUT2D eigenvalue weighted by atomic mass is 16.6. The Hall–Kier alpha value is -1.85. The Bertz CT molecular complexity index is 780. The summed E-state index contributed by atoms with van der Waals surface area (Å²) in [5, 5.41) is 0. The summed E-state index contributed by atoms with van der Waals surface area (Å²) < 4.78 is 16.7. The molecule has 0 N–H and O–H groups in total. The molecular formula is C47H88O6. The van der Waals surface area contributed by atoms with Crippen molar-refractivity contribution in [1.82, 2.24) is 0 Å². The summed E-state index contributed by atoms with van der Waals surface area (Å²) >= 11 is 0. The predicted octanol–water partition coefficient (Wildman–Crippen LogP) is 14.6. The largest absolute Gasteiger partial charge is 0.462 e. The first-order valence-corrected chi connectivity index (χ1v) is 23.2. The second-order valence-electron chi connectivity index (χ2n) is 15.7. The zero-order valence-corrected chi connectivity index (χ0v) is 35.6. The van der Waals surface area contributed by atoms with E-state index in [4.69, 9.17) is 14.2 Å². The lowest BCUT2D eigenvalue weighted by Crippen LogP contribution is -2.30. The van der Waals surface area contributed by atoms with Gasteiger partial charge in [-0.15, -0.1) is 0 Å². The highest BCUT2D eigenvalue weighted by Gasteiger charge is 2.19. The molecule has 0 aliphatic heterocycles. The smallest absolute Gasteiger partial charge is 0.306 e. The number of unbranched alkanes of at least 4 members (excludes halogenated alkanes) is 29. The lowest BCUT2D eigenvalue weighted by Gasteiger charge is -2.18. The molecule has 0 radical (unpaired) electrons. The third kappa shape index (κ3) is 41.2. The van der Waals surface area contributed by atoms with Crippen LogP contribution in [-0.4, -0.2) is 37.2 Å². The van der Waals surface area contributed by atoms with Gasteiger partial charge in [0.05, 0.1) is 0 Å². The number of ether oxygens (including phenoxy) is 3. The molecule has 0 aliphatic carbocycles. The van der Waals surface area contributed by atoms with E-state index >= 15 is 0 Å². The Kier molecular flexibility index (Phi) is 41.4. The molecule has 0 saturated carbocycles. The van der Waals surface area contributed by atoms with Gasteiger partial charge in [0.1, 0.15) is 13.2 Å². The van der Waals surface area contributed by atoms with Crippen LogP contribution in [0.5, 0.6) is 0 Å². The highest BCUT2D eigenvalue weighted by molar-refractivity contribution is 5.71. The standard InChI is InChI=1S/C47H88O6/c1-4-7-10-13-16-19-22-25-27-30-33-36-39-45(48)51-42-44(53-47(50)41-38-35-32-29-24-21-18-15-12-9-6-3)43-52-46(49)40-37-34-31-28-26-23-20-17-14-11-8-5-2/h15,18,44H,4-14,16-17,19-43H2,1-3H3/b18-15-. The third-order valence-corrected chi connectivity index (χ3v) is 10.3. The van der Waals surface area contributed by atoms with E-state index in [2.05, 4.69) is 32.9 Å². The average Bonchev–Trinajstić information content (AvgIpc) is 3.15. The molecule has 0 aromatic rings. The maximum atomic E-state index is 12.7. The van der Waals surface area contributed by atoms with Crippen molar-refractivity contribution in [3.63, 3.8) is 0 Å². The molecule has 0 bridgehead atoms. The summed E-state index contributed by atoms with van der Waals surface area (Å²) in [6.07, 6.45) is 44.7. The lowest BCUT2D eigenvalue weighted by atomic mass is 10.0. The summed E-state index contributed by atoms with van der Waals surface area (Å²) in [5.41, 5.74) is 0. The van der Waals surface area contributed by atoms with Crippen LogP contribution in [0.3, 0.4) is 0 Å². The van der Waals surface area contributed by atoms with E-state index in [0.29, 0.717) is 19.3 Å². The van der Waals surface area contributed by atoms with Crippen LogP contribution in [0.4, 0.5) is 0 Å².